The molecule has 2 heterocycles. The van der Waals surface area contributed by atoms with Crippen molar-refractivity contribution in [3.8, 4) is 17.2 Å². The smallest absolute Gasteiger partial charge is 0.254 e. The van der Waals surface area contributed by atoms with Gasteiger partial charge in [0, 0.05) is 18.3 Å². The summed E-state index contributed by atoms with van der Waals surface area (Å²) in [6, 6.07) is 8.42. The Hall–Kier alpha value is -2.67. The molecule has 1 amide bonds. The second kappa shape index (κ2) is 8.78. The normalized spacial score (nSPS) is 12.8. The zero-order chi connectivity index (χ0) is 20.2. The van der Waals surface area contributed by atoms with Gasteiger partial charge in [0.05, 0.1) is 23.1 Å². The molecule has 6 nitrogen and oxygen atoms in total. The first-order valence-electron chi connectivity index (χ1n) is 9.95. The topological polar surface area (TPSA) is 72.7 Å². The lowest BCUT2D eigenvalue weighted by atomic mass is 10.0. The van der Waals surface area contributed by atoms with Gasteiger partial charge >= 0.3 is 0 Å². The maximum Gasteiger partial charge on any atom is 0.254 e. The molecule has 1 aromatic carbocycles. The minimum Gasteiger partial charge on any atom is -0.352 e. The maximum absolute atomic E-state index is 12.5. The van der Waals surface area contributed by atoms with Crippen molar-refractivity contribution < 1.29 is 4.79 Å². The first-order chi connectivity index (χ1) is 14.2. The van der Waals surface area contributed by atoms with Gasteiger partial charge < -0.3 is 5.32 Å². The van der Waals surface area contributed by atoms with Crippen LogP contribution in [0.1, 0.15) is 40.0 Å². The monoisotopic (exact) mass is 407 g/mol. The van der Waals surface area contributed by atoms with Gasteiger partial charge in [0.1, 0.15) is 0 Å². The van der Waals surface area contributed by atoms with Crippen LogP contribution in [-0.2, 0) is 12.8 Å². The predicted molar refractivity (Wildman–Crippen MR) is 117 cm³/mol. The first kappa shape index (κ1) is 19.6. The summed E-state index contributed by atoms with van der Waals surface area (Å²) in [4.78, 5) is 21.9. The van der Waals surface area contributed by atoms with Crippen molar-refractivity contribution in [1.82, 2.24) is 25.1 Å². The van der Waals surface area contributed by atoms with Crippen molar-refractivity contribution in [2.24, 2.45) is 0 Å². The number of hydrogen-bond acceptors (Lipinski definition) is 5. The number of thioether (sulfide) groups is 1. The van der Waals surface area contributed by atoms with Crippen molar-refractivity contribution in [2.45, 2.75) is 32.6 Å². The molecule has 150 valence electrons. The number of nitrogens with one attached hydrogen (secondary N) is 1. The van der Waals surface area contributed by atoms with Crippen molar-refractivity contribution in [1.29, 1.82) is 0 Å². The van der Waals surface area contributed by atoms with E-state index in [1.165, 1.54) is 11.1 Å². The molecule has 0 unspecified atom stereocenters. The second-order valence-corrected chi connectivity index (χ2v) is 8.20. The number of amides is 1. The fourth-order valence-corrected chi connectivity index (χ4v) is 4.14. The van der Waals surface area contributed by atoms with Gasteiger partial charge in [0.15, 0.2) is 0 Å². The lowest BCUT2D eigenvalue weighted by Crippen LogP contribution is -2.25. The van der Waals surface area contributed by atoms with Gasteiger partial charge in [-0.25, -0.2) is 14.6 Å². The number of hydrogen-bond donors (Lipinski definition) is 1. The summed E-state index contributed by atoms with van der Waals surface area (Å²) < 4.78 is 1.66. The number of fused-ring (bicyclic) bond motifs is 3. The molecule has 4 rings (SSSR count). The fraction of sp³-hybridized carbons (Fsp3) is 0.364. The third kappa shape index (κ3) is 4.05. The van der Waals surface area contributed by atoms with E-state index < -0.39 is 0 Å². The number of carbonyl (C=O) groups excluding carboxylic acids is 1. The lowest BCUT2D eigenvalue weighted by Gasteiger charge is -2.10. The number of aryl methyl sites for hydroxylation is 2. The van der Waals surface area contributed by atoms with Gasteiger partial charge in [0.25, 0.3) is 11.9 Å². The van der Waals surface area contributed by atoms with Crippen LogP contribution in [0.3, 0.4) is 0 Å². The van der Waals surface area contributed by atoms with Crippen molar-refractivity contribution in [3.05, 3.63) is 59.0 Å². The first-order valence-corrected chi connectivity index (χ1v) is 11.3. The Morgan fingerprint density at radius 1 is 1.21 bits per heavy atom. The highest BCUT2D eigenvalue weighted by Gasteiger charge is 2.20. The van der Waals surface area contributed by atoms with Crippen molar-refractivity contribution in [3.63, 3.8) is 0 Å². The molecule has 7 heteroatoms. The zero-order valence-corrected chi connectivity index (χ0v) is 17.6. The third-order valence-corrected chi connectivity index (χ3v) is 5.97. The molecular formula is C22H25N5OS. The Balaban J connectivity index is 1.64. The van der Waals surface area contributed by atoms with E-state index in [9.17, 15) is 4.79 Å². The van der Waals surface area contributed by atoms with Crippen LogP contribution in [0, 0.1) is 6.92 Å². The van der Waals surface area contributed by atoms with E-state index in [-0.39, 0.29) is 5.91 Å². The Kier molecular flexibility index (Phi) is 5.94. The number of carbonyl (C=O) groups is 1. The Bertz CT molecular complexity index is 1030. The average molecular weight is 408 g/mol. The molecule has 0 fully saturated rings. The van der Waals surface area contributed by atoms with Gasteiger partial charge in [-0.05, 0) is 55.7 Å². The molecule has 0 aliphatic heterocycles. The number of aromatic nitrogens is 4. The quantitative estimate of drug-likeness (QED) is 0.632. The van der Waals surface area contributed by atoms with Crippen LogP contribution >= 0.6 is 11.8 Å². The third-order valence-electron chi connectivity index (χ3n) is 5.27. The number of rotatable bonds is 6. The molecule has 1 aliphatic carbocycles. The standard InChI is InChI=1S/C22H25N5OS/c1-15-19(21(28)23-11-6-12-29-2)14-25-27(15)22-24-13-17-9-5-8-16-7-3-4-10-18(16)20(17)26-22/h3-4,7,10,13-14H,5-6,8-9,11-12H2,1-2H3,(H,23,28). The highest BCUT2D eigenvalue weighted by molar-refractivity contribution is 7.98. The van der Waals surface area contributed by atoms with Crippen molar-refractivity contribution >= 4 is 17.7 Å². The molecule has 3 aromatic rings. The van der Waals surface area contributed by atoms with E-state index >= 15 is 0 Å². The molecule has 29 heavy (non-hydrogen) atoms. The highest BCUT2D eigenvalue weighted by Crippen LogP contribution is 2.31. The summed E-state index contributed by atoms with van der Waals surface area (Å²) >= 11 is 1.78. The molecule has 2 aromatic heterocycles. The van der Waals surface area contributed by atoms with Crippen LogP contribution in [-0.4, -0.2) is 44.2 Å². The highest BCUT2D eigenvalue weighted by atomic mass is 32.2. The summed E-state index contributed by atoms with van der Waals surface area (Å²) in [5.74, 6) is 1.43. The lowest BCUT2D eigenvalue weighted by molar-refractivity contribution is 0.0953. The van der Waals surface area contributed by atoms with Gasteiger partial charge in [-0.3, -0.25) is 4.79 Å². The van der Waals surface area contributed by atoms with Crippen molar-refractivity contribution in [2.75, 3.05) is 18.6 Å². The summed E-state index contributed by atoms with van der Waals surface area (Å²) in [6.07, 6.45) is 9.62. The average Bonchev–Trinajstić information content (AvgIpc) is 3.03. The molecule has 0 bridgehead atoms. The van der Waals surface area contributed by atoms with E-state index in [2.05, 4.69) is 39.9 Å². The minimum absolute atomic E-state index is 0.102. The van der Waals surface area contributed by atoms with E-state index in [4.69, 9.17) is 4.98 Å². The Morgan fingerprint density at radius 3 is 2.90 bits per heavy atom. The summed E-state index contributed by atoms with van der Waals surface area (Å²) in [6.45, 7) is 2.54. The van der Waals surface area contributed by atoms with Gasteiger partial charge in [-0.2, -0.15) is 16.9 Å². The van der Waals surface area contributed by atoms with Crippen LogP contribution in [0.5, 0.6) is 0 Å². The van der Waals surface area contributed by atoms with E-state index in [1.54, 1.807) is 22.6 Å². The molecule has 0 spiro atoms. The van der Waals surface area contributed by atoms with Gasteiger partial charge in [0.2, 0.25) is 0 Å². The van der Waals surface area contributed by atoms with Crippen LogP contribution in [0.25, 0.3) is 17.2 Å². The van der Waals surface area contributed by atoms with Crippen LogP contribution in [0.2, 0.25) is 0 Å². The molecule has 0 radical (unpaired) electrons. The SMILES string of the molecule is CSCCCNC(=O)c1cnn(-c2ncc3c(n2)-c2ccccc2CCC3)c1C. The van der Waals surface area contributed by atoms with Gasteiger partial charge in [-0.1, -0.05) is 24.3 Å². The predicted octanol–water partition coefficient (Wildman–Crippen LogP) is 3.61. The fourth-order valence-electron chi connectivity index (χ4n) is 3.70. The van der Waals surface area contributed by atoms with E-state index in [0.717, 1.165) is 48.4 Å². The molecule has 0 saturated carbocycles. The van der Waals surface area contributed by atoms with Crippen LogP contribution < -0.4 is 5.32 Å². The van der Waals surface area contributed by atoms with E-state index in [0.29, 0.717) is 18.1 Å². The Labute approximate surface area is 175 Å². The summed E-state index contributed by atoms with van der Waals surface area (Å²) in [7, 11) is 0. The minimum atomic E-state index is -0.102. The molecule has 0 saturated heterocycles. The maximum atomic E-state index is 12.5. The summed E-state index contributed by atoms with van der Waals surface area (Å²) in [5, 5.41) is 7.37. The molecule has 0 atom stereocenters. The second-order valence-electron chi connectivity index (χ2n) is 7.21. The molecule has 1 N–H and O–H groups in total. The van der Waals surface area contributed by atoms with Crippen LogP contribution in [0.4, 0.5) is 0 Å². The number of benzene rings is 1. The zero-order valence-electron chi connectivity index (χ0n) is 16.8. The largest absolute Gasteiger partial charge is 0.352 e. The van der Waals surface area contributed by atoms with Crippen LogP contribution in [0.15, 0.2) is 36.7 Å². The molecule has 1 aliphatic rings. The van der Waals surface area contributed by atoms with Gasteiger partial charge in [-0.15, -0.1) is 0 Å². The summed E-state index contributed by atoms with van der Waals surface area (Å²) in [5.41, 5.74) is 5.93. The van der Waals surface area contributed by atoms with E-state index in [1.807, 2.05) is 19.2 Å². The Morgan fingerprint density at radius 2 is 2.03 bits per heavy atom. The number of nitrogens with zero attached hydrogens (tertiary/aromatic N) is 4. The molecular weight excluding hydrogens is 382 g/mol.